The van der Waals surface area contributed by atoms with E-state index in [0.717, 1.165) is 5.56 Å². The maximum absolute atomic E-state index is 13.6. The topological polar surface area (TPSA) is 85.4 Å². The molecule has 1 N–H and O–H groups in total. The number of hydrogen-bond donors (Lipinski definition) is 1. The molecule has 4 amide bonds. The lowest BCUT2D eigenvalue weighted by molar-refractivity contribution is -0.190. The number of terminal acetylenes is 1. The van der Waals surface area contributed by atoms with Gasteiger partial charge in [-0.25, -0.2) is 14.2 Å². The monoisotopic (exact) mass is 549 g/mol. The lowest BCUT2D eigenvalue weighted by atomic mass is 9.97. The Hall–Kier alpha value is -3.94. The van der Waals surface area contributed by atoms with Gasteiger partial charge in [0, 0.05) is 13.1 Å². The number of nitrogens with zero attached hydrogens (tertiary/aromatic N) is 4. The van der Waals surface area contributed by atoms with Crippen LogP contribution in [0.4, 0.5) is 9.18 Å². The molecular formula is C30H36FN5O4. The van der Waals surface area contributed by atoms with Gasteiger partial charge in [0.25, 0.3) is 0 Å². The number of halogens is 1. The smallest absolute Gasteiger partial charge is 0.334 e. The van der Waals surface area contributed by atoms with E-state index in [1.165, 1.54) is 17.1 Å². The number of benzene rings is 2. The van der Waals surface area contributed by atoms with Gasteiger partial charge in [-0.2, -0.15) is 5.01 Å². The van der Waals surface area contributed by atoms with Gasteiger partial charge in [0.15, 0.2) is 0 Å². The van der Waals surface area contributed by atoms with Gasteiger partial charge in [0.05, 0.1) is 32.8 Å². The minimum Gasteiger partial charge on any atom is -0.375 e. The van der Waals surface area contributed by atoms with Crippen LogP contribution in [0, 0.1) is 24.1 Å². The first-order valence-corrected chi connectivity index (χ1v) is 13.5. The molecule has 0 bridgehead atoms. The highest BCUT2D eigenvalue weighted by molar-refractivity contribution is 5.91. The van der Waals surface area contributed by atoms with Gasteiger partial charge in [-0.15, -0.1) is 6.42 Å². The van der Waals surface area contributed by atoms with Crippen molar-refractivity contribution in [3.8, 4) is 12.3 Å². The lowest BCUT2D eigenvalue weighted by Crippen LogP contribution is -2.76. The van der Waals surface area contributed by atoms with E-state index in [0.29, 0.717) is 18.5 Å². The van der Waals surface area contributed by atoms with E-state index in [1.807, 2.05) is 44.2 Å². The summed E-state index contributed by atoms with van der Waals surface area (Å²) in [5, 5.41) is 5.99. The number of ether oxygens (including phenoxy) is 1. The molecule has 10 heteroatoms. The molecular weight excluding hydrogens is 513 g/mol. The second kappa shape index (κ2) is 13.4. The zero-order chi connectivity index (χ0) is 28.6. The van der Waals surface area contributed by atoms with E-state index in [9.17, 15) is 18.8 Å². The quantitative estimate of drug-likeness (QED) is 0.364. The van der Waals surface area contributed by atoms with E-state index in [1.54, 1.807) is 26.9 Å². The number of carbonyl (C=O) groups excluding carboxylic acids is 3. The van der Waals surface area contributed by atoms with Crippen LogP contribution in [-0.2, 0) is 27.5 Å². The van der Waals surface area contributed by atoms with Gasteiger partial charge >= 0.3 is 6.03 Å². The maximum atomic E-state index is 13.6. The standard InChI is InChI=1S/C30H36FN5O4/c1-4-13-34-20-28(37)35-26(16-22(2)3)29(38)33(14-15-40-21-24-11-8-12-25(31)17-24)19-27(35)36(34)30(39)32-18-23-9-6-5-7-10-23/h1,5-12,17,22,26-27H,13-16,18-21H2,2-3H3,(H,32,39)/t26-,27-/m0/s1. The molecule has 0 spiro atoms. The maximum Gasteiger partial charge on any atom is 0.334 e. The molecule has 2 saturated heterocycles. The fourth-order valence-corrected chi connectivity index (χ4v) is 5.16. The van der Waals surface area contributed by atoms with Crippen LogP contribution in [0.15, 0.2) is 54.6 Å². The summed E-state index contributed by atoms with van der Waals surface area (Å²) >= 11 is 0. The Morgan fingerprint density at radius 2 is 1.90 bits per heavy atom. The van der Waals surface area contributed by atoms with Gasteiger partial charge in [-0.3, -0.25) is 9.59 Å². The van der Waals surface area contributed by atoms with Gasteiger partial charge < -0.3 is 19.9 Å². The van der Waals surface area contributed by atoms with E-state index >= 15 is 0 Å². The molecule has 0 saturated carbocycles. The number of fused-ring (bicyclic) bond motifs is 1. The Kier molecular flexibility index (Phi) is 9.74. The Morgan fingerprint density at radius 3 is 2.60 bits per heavy atom. The first kappa shape index (κ1) is 29.1. The zero-order valence-electron chi connectivity index (χ0n) is 23.0. The van der Waals surface area contributed by atoms with Crippen molar-refractivity contribution in [1.29, 1.82) is 0 Å². The number of piperazine rings is 1. The number of urea groups is 1. The van der Waals surface area contributed by atoms with Crippen LogP contribution in [0.3, 0.4) is 0 Å². The van der Waals surface area contributed by atoms with Crippen molar-refractivity contribution in [3.63, 3.8) is 0 Å². The van der Waals surface area contributed by atoms with Gasteiger partial charge in [-0.1, -0.05) is 62.2 Å². The second-order valence-corrected chi connectivity index (χ2v) is 10.4. The molecule has 212 valence electrons. The third-order valence-electron chi connectivity index (χ3n) is 6.96. The molecule has 2 fully saturated rings. The van der Waals surface area contributed by atoms with Crippen LogP contribution >= 0.6 is 0 Å². The Balaban J connectivity index is 1.53. The fraction of sp³-hybridized carbons (Fsp3) is 0.433. The van der Waals surface area contributed by atoms with Gasteiger partial charge in [-0.05, 0) is 35.6 Å². The number of carbonyl (C=O) groups is 3. The van der Waals surface area contributed by atoms with Crippen LogP contribution in [0.2, 0.25) is 0 Å². The zero-order valence-corrected chi connectivity index (χ0v) is 23.0. The molecule has 2 aliphatic rings. The predicted molar refractivity (Wildman–Crippen MR) is 147 cm³/mol. The normalized spacial score (nSPS) is 19.5. The predicted octanol–water partition coefficient (Wildman–Crippen LogP) is 2.83. The van der Waals surface area contributed by atoms with E-state index < -0.39 is 18.2 Å². The van der Waals surface area contributed by atoms with Crippen LogP contribution < -0.4 is 5.32 Å². The SMILES string of the molecule is C#CCN1CC(=O)N2[C@@H](CC(C)C)C(=O)N(CCOCc3cccc(F)c3)C[C@@H]2N1C(=O)NCc1ccccc1. The van der Waals surface area contributed by atoms with Crippen molar-refractivity contribution in [2.45, 2.75) is 45.6 Å². The molecule has 0 radical (unpaired) electrons. The fourth-order valence-electron chi connectivity index (χ4n) is 5.16. The molecule has 40 heavy (non-hydrogen) atoms. The number of hydrazine groups is 1. The largest absolute Gasteiger partial charge is 0.375 e. The molecule has 4 rings (SSSR count). The molecule has 0 aliphatic carbocycles. The van der Waals surface area contributed by atoms with Crippen molar-refractivity contribution in [2.75, 3.05) is 32.8 Å². The minimum atomic E-state index is -0.727. The third kappa shape index (κ3) is 6.97. The summed E-state index contributed by atoms with van der Waals surface area (Å²) in [5.41, 5.74) is 1.62. The average Bonchev–Trinajstić information content (AvgIpc) is 2.92. The Labute approximate surface area is 234 Å². The summed E-state index contributed by atoms with van der Waals surface area (Å²) in [4.78, 5) is 43.8. The Bertz CT molecular complexity index is 1230. The van der Waals surface area contributed by atoms with Crippen LogP contribution in [0.1, 0.15) is 31.4 Å². The molecule has 2 atom stereocenters. The lowest BCUT2D eigenvalue weighted by Gasteiger charge is -2.55. The first-order chi connectivity index (χ1) is 19.3. The highest BCUT2D eigenvalue weighted by atomic mass is 19.1. The molecule has 9 nitrogen and oxygen atoms in total. The van der Waals surface area contributed by atoms with E-state index in [2.05, 4.69) is 11.2 Å². The first-order valence-electron chi connectivity index (χ1n) is 13.5. The van der Waals surface area contributed by atoms with Crippen molar-refractivity contribution in [1.82, 2.24) is 25.1 Å². The summed E-state index contributed by atoms with van der Waals surface area (Å²) in [6, 6.07) is 14.6. The van der Waals surface area contributed by atoms with Crippen molar-refractivity contribution < 1.29 is 23.5 Å². The van der Waals surface area contributed by atoms with E-state index in [-0.39, 0.29) is 62.9 Å². The molecule has 2 aromatic carbocycles. The van der Waals surface area contributed by atoms with E-state index in [4.69, 9.17) is 11.2 Å². The number of amides is 4. The minimum absolute atomic E-state index is 0.0639. The summed E-state index contributed by atoms with van der Waals surface area (Å²) in [6.45, 7) is 5.04. The highest BCUT2D eigenvalue weighted by Gasteiger charge is 2.51. The molecule has 2 aromatic rings. The van der Waals surface area contributed by atoms with Gasteiger partial charge in [0.1, 0.15) is 18.0 Å². The van der Waals surface area contributed by atoms with Crippen molar-refractivity contribution >= 4 is 17.8 Å². The Morgan fingerprint density at radius 1 is 1.15 bits per heavy atom. The number of rotatable bonds is 10. The molecule has 2 aliphatic heterocycles. The summed E-state index contributed by atoms with van der Waals surface area (Å²) in [6.07, 6.45) is 5.33. The summed E-state index contributed by atoms with van der Waals surface area (Å²) in [7, 11) is 0. The molecule has 0 unspecified atom stereocenters. The number of nitrogens with one attached hydrogen (secondary N) is 1. The van der Waals surface area contributed by atoms with Crippen LogP contribution in [0.25, 0.3) is 0 Å². The van der Waals surface area contributed by atoms with Crippen LogP contribution in [-0.4, -0.2) is 82.7 Å². The third-order valence-corrected chi connectivity index (χ3v) is 6.96. The highest BCUT2D eigenvalue weighted by Crippen LogP contribution is 2.29. The average molecular weight is 550 g/mol. The molecule has 2 heterocycles. The van der Waals surface area contributed by atoms with Crippen molar-refractivity contribution in [2.24, 2.45) is 5.92 Å². The van der Waals surface area contributed by atoms with Crippen molar-refractivity contribution in [3.05, 3.63) is 71.5 Å². The number of hydrogen-bond acceptors (Lipinski definition) is 5. The second-order valence-electron chi connectivity index (χ2n) is 10.4. The molecule has 0 aromatic heterocycles. The summed E-state index contributed by atoms with van der Waals surface area (Å²) < 4.78 is 19.3. The summed E-state index contributed by atoms with van der Waals surface area (Å²) in [5.74, 6) is 1.92. The van der Waals surface area contributed by atoms with Crippen LogP contribution in [0.5, 0.6) is 0 Å². The van der Waals surface area contributed by atoms with Gasteiger partial charge in [0.2, 0.25) is 11.8 Å².